The van der Waals surface area contributed by atoms with Gasteiger partial charge >= 0.3 is 0 Å². The smallest absolute Gasteiger partial charge is 0.191 e. The van der Waals surface area contributed by atoms with Gasteiger partial charge in [0.2, 0.25) is 0 Å². The zero-order valence-corrected chi connectivity index (χ0v) is 16.4. The van der Waals surface area contributed by atoms with E-state index < -0.39 is 0 Å². The van der Waals surface area contributed by atoms with Crippen LogP contribution in [0.5, 0.6) is 0 Å². The van der Waals surface area contributed by atoms with Gasteiger partial charge in [0.15, 0.2) is 5.96 Å². The molecule has 2 heterocycles. The zero-order valence-electron chi connectivity index (χ0n) is 16.4. The molecule has 0 radical (unpaired) electrons. The third-order valence-electron chi connectivity index (χ3n) is 5.73. The third kappa shape index (κ3) is 6.12. The van der Waals surface area contributed by atoms with Gasteiger partial charge in [-0.1, -0.05) is 6.42 Å². The van der Waals surface area contributed by atoms with Crippen LogP contribution in [0.2, 0.25) is 0 Å². The molecule has 0 aromatic carbocycles. The Hall–Kier alpha value is -0.850. The number of hydrogen-bond donors (Lipinski definition) is 3. The van der Waals surface area contributed by atoms with Crippen molar-refractivity contribution in [2.75, 3.05) is 46.0 Å². The average Bonchev–Trinajstić information content (AvgIpc) is 3.07. The van der Waals surface area contributed by atoms with E-state index in [0.29, 0.717) is 25.2 Å². The second-order valence-electron chi connectivity index (χ2n) is 7.78. The molecular formula is C19H38N4O2. The summed E-state index contributed by atoms with van der Waals surface area (Å²) in [6.07, 6.45) is 5.72. The lowest BCUT2D eigenvalue weighted by molar-refractivity contribution is 0.115. The van der Waals surface area contributed by atoms with E-state index in [1.165, 1.54) is 25.8 Å². The number of aliphatic hydroxyl groups excluding tert-OH is 1. The number of likely N-dealkylation sites (tertiary alicyclic amines) is 1. The van der Waals surface area contributed by atoms with Crippen LogP contribution in [-0.2, 0) is 4.74 Å². The lowest BCUT2D eigenvalue weighted by atomic mass is 9.84. The van der Waals surface area contributed by atoms with Gasteiger partial charge in [-0.15, -0.1) is 0 Å². The maximum atomic E-state index is 9.36. The van der Waals surface area contributed by atoms with Gasteiger partial charge in [-0.05, 0) is 53.0 Å². The average molecular weight is 355 g/mol. The molecule has 2 saturated heterocycles. The van der Waals surface area contributed by atoms with E-state index in [2.05, 4.69) is 36.3 Å². The molecule has 2 aliphatic rings. The molecule has 0 bridgehead atoms. The lowest BCUT2D eigenvalue weighted by Crippen LogP contribution is -2.50. The highest BCUT2D eigenvalue weighted by molar-refractivity contribution is 5.79. The standard InChI is InChI=1S/C19H38N4O2/c1-4-20-18(22-14-19(8-11-24)9-12-25-15-19)21-13-17(3)23-10-6-5-7-16(23)2/h16-17,24H,4-15H2,1-3H3,(H2,20,21,22). The van der Waals surface area contributed by atoms with Crippen molar-refractivity contribution in [3.8, 4) is 0 Å². The van der Waals surface area contributed by atoms with Crippen molar-refractivity contribution in [3.05, 3.63) is 0 Å². The van der Waals surface area contributed by atoms with Crippen LogP contribution in [0.3, 0.4) is 0 Å². The first kappa shape index (κ1) is 20.5. The van der Waals surface area contributed by atoms with Crippen molar-refractivity contribution in [2.45, 2.75) is 65.0 Å². The highest BCUT2D eigenvalue weighted by Crippen LogP contribution is 2.32. The van der Waals surface area contributed by atoms with E-state index in [-0.39, 0.29) is 12.0 Å². The fraction of sp³-hybridized carbons (Fsp3) is 0.947. The fourth-order valence-electron chi connectivity index (χ4n) is 4.01. The fourth-order valence-corrected chi connectivity index (χ4v) is 4.01. The SMILES string of the molecule is CCNC(=NCC1(CCO)CCOC1)NCC(C)N1CCCCC1C. The molecule has 6 heteroatoms. The van der Waals surface area contributed by atoms with E-state index in [0.717, 1.165) is 38.5 Å². The van der Waals surface area contributed by atoms with Gasteiger partial charge in [0.05, 0.1) is 13.2 Å². The summed E-state index contributed by atoms with van der Waals surface area (Å²) in [5.41, 5.74) is 0.00407. The van der Waals surface area contributed by atoms with Gasteiger partial charge in [-0.25, -0.2) is 0 Å². The third-order valence-corrected chi connectivity index (χ3v) is 5.73. The van der Waals surface area contributed by atoms with E-state index in [4.69, 9.17) is 9.73 Å². The van der Waals surface area contributed by atoms with E-state index in [1.54, 1.807) is 0 Å². The van der Waals surface area contributed by atoms with Crippen molar-refractivity contribution in [3.63, 3.8) is 0 Å². The molecule has 3 atom stereocenters. The highest BCUT2D eigenvalue weighted by Gasteiger charge is 2.34. The summed E-state index contributed by atoms with van der Waals surface area (Å²) < 4.78 is 5.57. The number of aliphatic imine (C=N–C) groups is 1. The van der Waals surface area contributed by atoms with E-state index >= 15 is 0 Å². The molecule has 0 aliphatic carbocycles. The second-order valence-corrected chi connectivity index (χ2v) is 7.78. The Balaban J connectivity index is 1.88. The first-order valence-corrected chi connectivity index (χ1v) is 10.1. The van der Waals surface area contributed by atoms with E-state index in [1.807, 2.05) is 0 Å². The number of hydrogen-bond acceptors (Lipinski definition) is 4. The summed E-state index contributed by atoms with van der Waals surface area (Å²) >= 11 is 0. The zero-order chi connectivity index (χ0) is 18.1. The number of nitrogens with one attached hydrogen (secondary N) is 2. The molecule has 0 spiro atoms. The molecule has 0 aromatic rings. The molecule has 2 fully saturated rings. The van der Waals surface area contributed by atoms with Crippen LogP contribution in [0.15, 0.2) is 4.99 Å². The monoisotopic (exact) mass is 354 g/mol. The van der Waals surface area contributed by atoms with Crippen LogP contribution in [-0.4, -0.2) is 74.0 Å². The Morgan fingerprint density at radius 2 is 2.24 bits per heavy atom. The molecule has 146 valence electrons. The van der Waals surface area contributed by atoms with Gasteiger partial charge in [-0.2, -0.15) is 0 Å². The molecule has 3 unspecified atom stereocenters. The Kier molecular flexibility index (Phi) is 8.46. The first-order chi connectivity index (χ1) is 12.1. The first-order valence-electron chi connectivity index (χ1n) is 10.1. The van der Waals surface area contributed by atoms with Crippen molar-refractivity contribution < 1.29 is 9.84 Å². The molecule has 0 saturated carbocycles. The second kappa shape index (κ2) is 10.3. The summed E-state index contributed by atoms with van der Waals surface area (Å²) in [6.45, 7) is 12.1. The van der Waals surface area contributed by atoms with Crippen LogP contribution >= 0.6 is 0 Å². The van der Waals surface area contributed by atoms with E-state index in [9.17, 15) is 5.11 Å². The summed E-state index contributed by atoms with van der Waals surface area (Å²) in [5.74, 6) is 0.878. The predicted octanol–water partition coefficient (Wildman–Crippen LogP) is 1.59. The Labute approximate surface area is 153 Å². The molecule has 0 aromatic heterocycles. The number of rotatable bonds is 8. The summed E-state index contributed by atoms with van der Waals surface area (Å²) in [6, 6.07) is 1.17. The largest absolute Gasteiger partial charge is 0.396 e. The minimum Gasteiger partial charge on any atom is -0.396 e. The quantitative estimate of drug-likeness (QED) is 0.456. The number of aliphatic hydroxyl groups is 1. The molecule has 25 heavy (non-hydrogen) atoms. The maximum Gasteiger partial charge on any atom is 0.191 e. The number of piperidine rings is 1. The van der Waals surface area contributed by atoms with Crippen LogP contribution in [0.4, 0.5) is 0 Å². The van der Waals surface area contributed by atoms with Crippen LogP contribution in [0.25, 0.3) is 0 Å². The Morgan fingerprint density at radius 1 is 1.40 bits per heavy atom. The van der Waals surface area contributed by atoms with Crippen molar-refractivity contribution in [1.82, 2.24) is 15.5 Å². The summed E-state index contributed by atoms with van der Waals surface area (Å²) in [7, 11) is 0. The molecule has 3 N–H and O–H groups in total. The van der Waals surface area contributed by atoms with Gasteiger partial charge in [0, 0.05) is 43.8 Å². The van der Waals surface area contributed by atoms with Crippen LogP contribution < -0.4 is 10.6 Å². The Bertz CT molecular complexity index is 410. The van der Waals surface area contributed by atoms with Gasteiger partial charge < -0.3 is 20.5 Å². The molecule has 6 nitrogen and oxygen atoms in total. The number of guanidine groups is 1. The number of nitrogens with zero attached hydrogens (tertiary/aromatic N) is 2. The predicted molar refractivity (Wildman–Crippen MR) is 103 cm³/mol. The Morgan fingerprint density at radius 3 is 2.88 bits per heavy atom. The van der Waals surface area contributed by atoms with Crippen molar-refractivity contribution in [1.29, 1.82) is 0 Å². The van der Waals surface area contributed by atoms with Crippen molar-refractivity contribution >= 4 is 5.96 Å². The molecule has 2 aliphatic heterocycles. The van der Waals surface area contributed by atoms with Crippen LogP contribution in [0, 0.1) is 5.41 Å². The lowest BCUT2D eigenvalue weighted by Gasteiger charge is -2.38. The summed E-state index contributed by atoms with van der Waals surface area (Å²) in [5, 5.41) is 16.2. The minimum atomic E-state index is 0.00407. The molecule has 0 amide bonds. The highest BCUT2D eigenvalue weighted by atomic mass is 16.5. The minimum absolute atomic E-state index is 0.00407. The van der Waals surface area contributed by atoms with Crippen molar-refractivity contribution in [2.24, 2.45) is 10.4 Å². The van der Waals surface area contributed by atoms with Gasteiger partial charge in [-0.3, -0.25) is 9.89 Å². The van der Waals surface area contributed by atoms with Gasteiger partial charge in [0.25, 0.3) is 0 Å². The topological polar surface area (TPSA) is 69.1 Å². The molecule has 2 rings (SSSR count). The van der Waals surface area contributed by atoms with Crippen LogP contribution in [0.1, 0.15) is 52.9 Å². The number of ether oxygens (including phenoxy) is 1. The van der Waals surface area contributed by atoms with Gasteiger partial charge in [0.1, 0.15) is 0 Å². The molecular weight excluding hydrogens is 316 g/mol. The maximum absolute atomic E-state index is 9.36. The normalized spacial score (nSPS) is 29.6. The summed E-state index contributed by atoms with van der Waals surface area (Å²) in [4.78, 5) is 7.42.